The second-order valence-corrected chi connectivity index (χ2v) is 2.53. The van der Waals surface area contributed by atoms with Crippen LogP contribution < -0.4 is 0 Å². The molecule has 1 aromatic rings. The number of aromatic nitrogens is 2. The number of nitrogens with zero attached hydrogens (tertiary/aromatic N) is 2. The summed E-state index contributed by atoms with van der Waals surface area (Å²) in [5.41, 5.74) is 0. The Labute approximate surface area is 76.8 Å². The van der Waals surface area contributed by atoms with Gasteiger partial charge in [-0.2, -0.15) is 0 Å². The first kappa shape index (κ1) is 9.51. The number of carbonyl (C=O) groups is 1. The SMILES string of the molecule is C=CC(=O)OCCCn1ccnc1. The molecule has 0 aromatic carbocycles. The molecule has 0 unspecified atom stereocenters. The van der Waals surface area contributed by atoms with Gasteiger partial charge in [0.2, 0.25) is 0 Å². The number of hydrogen-bond acceptors (Lipinski definition) is 3. The highest BCUT2D eigenvalue weighted by atomic mass is 16.5. The molecule has 1 rings (SSSR count). The Kier molecular flexibility index (Phi) is 3.75. The van der Waals surface area contributed by atoms with E-state index >= 15 is 0 Å². The van der Waals surface area contributed by atoms with Crippen molar-refractivity contribution in [1.29, 1.82) is 0 Å². The van der Waals surface area contributed by atoms with Crippen molar-refractivity contribution in [3.05, 3.63) is 31.4 Å². The van der Waals surface area contributed by atoms with E-state index in [0.29, 0.717) is 6.61 Å². The van der Waals surface area contributed by atoms with Crippen LogP contribution in [0.15, 0.2) is 31.4 Å². The van der Waals surface area contributed by atoms with Crippen LogP contribution >= 0.6 is 0 Å². The van der Waals surface area contributed by atoms with E-state index < -0.39 is 0 Å². The first-order valence-electron chi connectivity index (χ1n) is 4.08. The number of carbonyl (C=O) groups excluding carboxylic acids is 1. The van der Waals surface area contributed by atoms with Crippen molar-refractivity contribution < 1.29 is 9.53 Å². The van der Waals surface area contributed by atoms with Gasteiger partial charge >= 0.3 is 5.97 Å². The Morgan fingerprint density at radius 3 is 3.15 bits per heavy atom. The number of aryl methyl sites for hydroxylation is 1. The highest BCUT2D eigenvalue weighted by Crippen LogP contribution is 1.91. The summed E-state index contributed by atoms with van der Waals surface area (Å²) in [5, 5.41) is 0. The Morgan fingerprint density at radius 2 is 2.54 bits per heavy atom. The van der Waals surface area contributed by atoms with E-state index in [9.17, 15) is 4.79 Å². The number of rotatable bonds is 5. The standard InChI is InChI=1S/C9H12N2O2/c1-2-9(12)13-7-3-5-11-6-4-10-8-11/h2,4,6,8H,1,3,5,7H2. The van der Waals surface area contributed by atoms with Crippen molar-refractivity contribution in [3.8, 4) is 0 Å². The highest BCUT2D eigenvalue weighted by molar-refractivity contribution is 5.81. The molecule has 13 heavy (non-hydrogen) atoms. The van der Waals surface area contributed by atoms with Gasteiger partial charge in [0.15, 0.2) is 0 Å². The minimum atomic E-state index is -0.370. The molecular weight excluding hydrogens is 168 g/mol. The number of hydrogen-bond donors (Lipinski definition) is 0. The minimum absolute atomic E-state index is 0.370. The summed E-state index contributed by atoms with van der Waals surface area (Å²) in [4.78, 5) is 14.5. The first-order valence-corrected chi connectivity index (χ1v) is 4.08. The Balaban J connectivity index is 2.08. The summed E-state index contributed by atoms with van der Waals surface area (Å²) >= 11 is 0. The van der Waals surface area contributed by atoms with Gasteiger partial charge in [0.05, 0.1) is 12.9 Å². The molecule has 4 heteroatoms. The molecule has 0 spiro atoms. The summed E-state index contributed by atoms with van der Waals surface area (Å²) in [6.07, 6.45) is 7.27. The van der Waals surface area contributed by atoms with Crippen molar-refractivity contribution in [2.24, 2.45) is 0 Å². The second-order valence-electron chi connectivity index (χ2n) is 2.53. The predicted molar refractivity (Wildman–Crippen MR) is 48.0 cm³/mol. The normalized spacial score (nSPS) is 9.54. The van der Waals surface area contributed by atoms with Crippen molar-refractivity contribution in [2.75, 3.05) is 6.61 Å². The summed E-state index contributed by atoms with van der Waals surface area (Å²) < 4.78 is 6.73. The fourth-order valence-corrected chi connectivity index (χ4v) is 0.898. The second kappa shape index (κ2) is 5.13. The van der Waals surface area contributed by atoms with Crippen LogP contribution in [-0.4, -0.2) is 22.1 Å². The summed E-state index contributed by atoms with van der Waals surface area (Å²) in [5.74, 6) is -0.370. The van der Waals surface area contributed by atoms with Gasteiger partial charge in [0.1, 0.15) is 0 Å². The highest BCUT2D eigenvalue weighted by Gasteiger charge is 1.95. The smallest absolute Gasteiger partial charge is 0.330 e. The predicted octanol–water partition coefficient (Wildman–Crippen LogP) is 1.00. The third-order valence-electron chi connectivity index (χ3n) is 1.53. The van der Waals surface area contributed by atoms with E-state index in [-0.39, 0.29) is 5.97 Å². The van der Waals surface area contributed by atoms with E-state index in [1.807, 2.05) is 10.8 Å². The zero-order valence-electron chi connectivity index (χ0n) is 7.35. The van der Waals surface area contributed by atoms with Gasteiger partial charge in [-0.3, -0.25) is 0 Å². The maximum atomic E-state index is 10.6. The van der Waals surface area contributed by atoms with Gasteiger partial charge in [-0.1, -0.05) is 6.58 Å². The zero-order chi connectivity index (χ0) is 9.52. The molecule has 0 fully saturated rings. The van der Waals surface area contributed by atoms with Crippen LogP contribution in [0.25, 0.3) is 0 Å². The van der Waals surface area contributed by atoms with E-state index in [0.717, 1.165) is 19.0 Å². The maximum absolute atomic E-state index is 10.6. The first-order chi connectivity index (χ1) is 6.33. The molecule has 1 heterocycles. The van der Waals surface area contributed by atoms with Crippen LogP contribution in [0, 0.1) is 0 Å². The monoisotopic (exact) mass is 180 g/mol. The largest absolute Gasteiger partial charge is 0.462 e. The van der Waals surface area contributed by atoms with Gasteiger partial charge in [-0.25, -0.2) is 9.78 Å². The molecule has 0 aliphatic carbocycles. The molecule has 0 saturated heterocycles. The summed E-state index contributed by atoms with van der Waals surface area (Å²) in [6, 6.07) is 0. The van der Waals surface area contributed by atoms with E-state index in [1.54, 1.807) is 12.5 Å². The summed E-state index contributed by atoms with van der Waals surface area (Å²) in [6.45, 7) is 4.53. The van der Waals surface area contributed by atoms with Gasteiger partial charge in [0, 0.05) is 25.0 Å². The van der Waals surface area contributed by atoms with Crippen LogP contribution in [0.3, 0.4) is 0 Å². The zero-order valence-corrected chi connectivity index (χ0v) is 7.35. The lowest BCUT2D eigenvalue weighted by atomic mass is 10.4. The molecule has 4 nitrogen and oxygen atoms in total. The van der Waals surface area contributed by atoms with E-state index in [2.05, 4.69) is 11.6 Å². The molecule has 0 saturated carbocycles. The molecule has 70 valence electrons. The van der Waals surface area contributed by atoms with Crippen LogP contribution in [0.5, 0.6) is 0 Å². The van der Waals surface area contributed by atoms with Gasteiger partial charge in [0.25, 0.3) is 0 Å². The van der Waals surface area contributed by atoms with Crippen LogP contribution in [-0.2, 0) is 16.1 Å². The molecule has 0 amide bonds. The Morgan fingerprint density at radius 1 is 1.69 bits per heavy atom. The molecule has 1 aromatic heterocycles. The molecule has 0 N–H and O–H groups in total. The fraction of sp³-hybridized carbons (Fsp3) is 0.333. The maximum Gasteiger partial charge on any atom is 0.330 e. The van der Waals surface area contributed by atoms with Crippen molar-refractivity contribution in [2.45, 2.75) is 13.0 Å². The number of ether oxygens (including phenoxy) is 1. The summed E-state index contributed by atoms with van der Waals surface area (Å²) in [7, 11) is 0. The van der Waals surface area contributed by atoms with Gasteiger partial charge in [-0.15, -0.1) is 0 Å². The van der Waals surface area contributed by atoms with Crippen LogP contribution in [0.2, 0.25) is 0 Å². The number of imidazole rings is 1. The van der Waals surface area contributed by atoms with Crippen molar-refractivity contribution in [3.63, 3.8) is 0 Å². The Bertz CT molecular complexity index is 267. The Hall–Kier alpha value is -1.58. The molecule has 0 radical (unpaired) electrons. The van der Waals surface area contributed by atoms with Crippen molar-refractivity contribution >= 4 is 5.97 Å². The number of esters is 1. The molecule has 0 aliphatic heterocycles. The molecular formula is C9H12N2O2. The van der Waals surface area contributed by atoms with Crippen LogP contribution in [0.4, 0.5) is 0 Å². The van der Waals surface area contributed by atoms with E-state index in [1.165, 1.54) is 0 Å². The molecule has 0 aliphatic rings. The quantitative estimate of drug-likeness (QED) is 0.386. The van der Waals surface area contributed by atoms with Gasteiger partial charge < -0.3 is 9.30 Å². The lowest BCUT2D eigenvalue weighted by Crippen LogP contribution is -2.05. The van der Waals surface area contributed by atoms with Crippen LogP contribution in [0.1, 0.15) is 6.42 Å². The lowest BCUT2D eigenvalue weighted by Gasteiger charge is -2.02. The third-order valence-corrected chi connectivity index (χ3v) is 1.53. The van der Waals surface area contributed by atoms with Gasteiger partial charge in [-0.05, 0) is 6.42 Å². The van der Waals surface area contributed by atoms with Crippen molar-refractivity contribution in [1.82, 2.24) is 9.55 Å². The fourth-order valence-electron chi connectivity index (χ4n) is 0.898. The lowest BCUT2D eigenvalue weighted by molar-refractivity contribution is -0.137. The average Bonchev–Trinajstić information content (AvgIpc) is 2.64. The molecule has 0 bridgehead atoms. The topological polar surface area (TPSA) is 44.1 Å². The minimum Gasteiger partial charge on any atom is -0.462 e. The third kappa shape index (κ3) is 3.55. The molecule has 0 atom stereocenters. The average molecular weight is 180 g/mol. The van der Waals surface area contributed by atoms with E-state index in [4.69, 9.17) is 4.74 Å².